The molecule has 0 aliphatic heterocycles. The van der Waals surface area contributed by atoms with Crippen LogP contribution >= 0.6 is 0 Å². The van der Waals surface area contributed by atoms with Gasteiger partial charge in [-0.2, -0.15) is 0 Å². The molecule has 0 N–H and O–H groups in total. The van der Waals surface area contributed by atoms with Gasteiger partial charge in [0.05, 0.1) is 0 Å². The minimum absolute atomic E-state index is 0.965. The van der Waals surface area contributed by atoms with E-state index in [1.807, 2.05) is 0 Å². The van der Waals surface area contributed by atoms with Crippen molar-refractivity contribution >= 4 is 0 Å². The van der Waals surface area contributed by atoms with E-state index >= 15 is 0 Å². The van der Waals surface area contributed by atoms with Gasteiger partial charge in [0, 0.05) is 0 Å². The lowest BCUT2D eigenvalue weighted by molar-refractivity contribution is 0.425. The van der Waals surface area contributed by atoms with Crippen LogP contribution in [0.1, 0.15) is 214 Å². The monoisotopic (exact) mass is 493 g/mol. The Balaban J connectivity index is 3.21. The molecule has 0 rings (SSSR count). The van der Waals surface area contributed by atoms with Gasteiger partial charge in [-0.1, -0.05) is 214 Å². The predicted molar refractivity (Wildman–Crippen MR) is 164 cm³/mol. The van der Waals surface area contributed by atoms with Crippen molar-refractivity contribution in [1.82, 2.24) is 0 Å². The average molecular weight is 493 g/mol. The van der Waals surface area contributed by atoms with Gasteiger partial charge in [-0.3, -0.25) is 0 Å². The van der Waals surface area contributed by atoms with Crippen LogP contribution in [0.3, 0.4) is 0 Å². The minimum atomic E-state index is 0.965. The van der Waals surface area contributed by atoms with Gasteiger partial charge in [-0.05, 0) is 11.8 Å². The van der Waals surface area contributed by atoms with Crippen LogP contribution in [0.5, 0.6) is 0 Å². The highest BCUT2D eigenvalue weighted by atomic mass is 14.1. The fourth-order valence-electron chi connectivity index (χ4n) is 5.77. The van der Waals surface area contributed by atoms with Crippen LogP contribution in [-0.4, -0.2) is 0 Å². The molecule has 0 aromatic rings. The average Bonchev–Trinajstić information content (AvgIpc) is 2.85. The summed E-state index contributed by atoms with van der Waals surface area (Å²) >= 11 is 0. The van der Waals surface area contributed by atoms with Crippen LogP contribution in [0.4, 0.5) is 0 Å². The summed E-state index contributed by atoms with van der Waals surface area (Å²) in [5.41, 5.74) is 0. The summed E-state index contributed by atoms with van der Waals surface area (Å²) < 4.78 is 0. The molecule has 0 bridgehead atoms. The number of hydrogen-bond donors (Lipinski definition) is 0. The highest BCUT2D eigenvalue weighted by Gasteiger charge is 2.04. The van der Waals surface area contributed by atoms with E-state index in [1.165, 1.54) is 186 Å². The lowest BCUT2D eigenvalue weighted by atomic mass is 9.95. The Labute approximate surface area is 225 Å². The fraction of sp³-hybridized carbons (Fsp3) is 1.00. The Bertz CT molecular complexity index is 359. The van der Waals surface area contributed by atoms with Gasteiger partial charge in [-0.15, -0.1) is 0 Å². The smallest absolute Gasteiger partial charge is 0.0443 e. The van der Waals surface area contributed by atoms with Crippen LogP contribution in [0, 0.1) is 11.8 Å². The predicted octanol–water partition coefficient (Wildman–Crippen LogP) is 13.6. The second-order valence-corrected chi connectivity index (χ2v) is 12.5. The molecule has 0 aromatic carbocycles. The zero-order valence-corrected chi connectivity index (χ0v) is 25.7. The largest absolute Gasteiger partial charge is 0.0654 e. The zero-order chi connectivity index (χ0) is 25.7. The van der Waals surface area contributed by atoms with E-state index in [0.29, 0.717) is 0 Å². The lowest BCUT2D eigenvalue weighted by Gasteiger charge is -2.11. The molecule has 212 valence electrons. The molecule has 2 atom stereocenters. The third-order valence-corrected chi connectivity index (χ3v) is 8.49. The topological polar surface area (TPSA) is 0 Å². The molecule has 0 spiro atoms. The van der Waals surface area contributed by atoms with Crippen LogP contribution < -0.4 is 0 Å². The molecule has 0 aliphatic carbocycles. The van der Waals surface area contributed by atoms with Crippen molar-refractivity contribution in [1.29, 1.82) is 0 Å². The molecule has 0 heteroatoms. The molecule has 2 unspecified atom stereocenters. The summed E-state index contributed by atoms with van der Waals surface area (Å²) in [6, 6.07) is 0. The second-order valence-electron chi connectivity index (χ2n) is 12.5. The Morgan fingerprint density at radius 2 is 0.429 bits per heavy atom. The molecule has 0 heterocycles. The molecule has 0 nitrogen and oxygen atoms in total. The van der Waals surface area contributed by atoms with Crippen molar-refractivity contribution in [3.05, 3.63) is 0 Å². The molecule has 0 fully saturated rings. The van der Waals surface area contributed by atoms with E-state index < -0.39 is 0 Å². The van der Waals surface area contributed by atoms with Crippen molar-refractivity contribution < 1.29 is 0 Å². The fourth-order valence-corrected chi connectivity index (χ4v) is 5.77. The first-order valence-corrected chi connectivity index (χ1v) is 17.2. The molecule has 0 saturated carbocycles. The van der Waals surface area contributed by atoms with Gasteiger partial charge in [0.1, 0.15) is 0 Å². The zero-order valence-electron chi connectivity index (χ0n) is 25.7. The van der Waals surface area contributed by atoms with Gasteiger partial charge < -0.3 is 0 Å². The molecule has 0 aromatic heterocycles. The lowest BCUT2D eigenvalue weighted by Crippen LogP contribution is -1.95. The molecule has 0 saturated heterocycles. The maximum atomic E-state index is 2.50. The van der Waals surface area contributed by atoms with Crippen molar-refractivity contribution in [3.63, 3.8) is 0 Å². The molecule has 0 amide bonds. The summed E-state index contributed by atoms with van der Waals surface area (Å²) in [6.07, 6.45) is 42.6. The second kappa shape index (κ2) is 30.2. The van der Waals surface area contributed by atoms with E-state index in [-0.39, 0.29) is 0 Å². The minimum Gasteiger partial charge on any atom is -0.0654 e. The quantitative estimate of drug-likeness (QED) is 0.0874. The molecular formula is C35H72. The summed E-state index contributed by atoms with van der Waals surface area (Å²) in [5.74, 6) is 1.93. The van der Waals surface area contributed by atoms with Crippen molar-refractivity contribution in [2.45, 2.75) is 214 Å². The number of hydrogen-bond acceptors (Lipinski definition) is 0. The van der Waals surface area contributed by atoms with Gasteiger partial charge >= 0.3 is 0 Å². The maximum Gasteiger partial charge on any atom is -0.0443 e. The van der Waals surface area contributed by atoms with Crippen LogP contribution in [-0.2, 0) is 0 Å². The van der Waals surface area contributed by atoms with Crippen LogP contribution in [0.2, 0.25) is 0 Å². The molecular weight excluding hydrogens is 420 g/mol. The van der Waals surface area contributed by atoms with Crippen molar-refractivity contribution in [3.8, 4) is 0 Å². The van der Waals surface area contributed by atoms with Crippen molar-refractivity contribution in [2.24, 2.45) is 11.8 Å². The first kappa shape index (κ1) is 35.0. The van der Waals surface area contributed by atoms with Crippen LogP contribution in [0.25, 0.3) is 0 Å². The molecule has 35 heavy (non-hydrogen) atoms. The summed E-state index contributed by atoms with van der Waals surface area (Å²) in [7, 11) is 0. The third-order valence-electron chi connectivity index (χ3n) is 8.49. The van der Waals surface area contributed by atoms with E-state index in [0.717, 1.165) is 11.8 Å². The van der Waals surface area contributed by atoms with E-state index in [4.69, 9.17) is 0 Å². The van der Waals surface area contributed by atoms with Crippen molar-refractivity contribution in [2.75, 3.05) is 0 Å². The Kier molecular flexibility index (Phi) is 30.2. The molecule has 0 aliphatic rings. The molecule has 0 radical (unpaired) electrons. The number of rotatable bonds is 30. The van der Waals surface area contributed by atoms with Crippen LogP contribution in [0.15, 0.2) is 0 Å². The Hall–Kier alpha value is 0. The maximum absolute atomic E-state index is 2.50. The van der Waals surface area contributed by atoms with Gasteiger partial charge in [0.2, 0.25) is 0 Å². The SMILES string of the molecule is CCCCCCCCCCCCC(C)CCCCCCCCCCCC(C)CCCCCCCC. The van der Waals surface area contributed by atoms with E-state index in [2.05, 4.69) is 27.7 Å². The highest BCUT2D eigenvalue weighted by molar-refractivity contribution is 4.58. The summed E-state index contributed by atoms with van der Waals surface area (Å²) in [4.78, 5) is 0. The van der Waals surface area contributed by atoms with Gasteiger partial charge in [0.15, 0.2) is 0 Å². The first-order valence-electron chi connectivity index (χ1n) is 17.2. The number of unbranched alkanes of at least 4 members (excludes halogenated alkanes) is 22. The standard InChI is InChI=1S/C35H72/c1-5-7-9-11-13-14-16-19-23-27-32-35(4)33-29-25-21-18-15-17-20-24-28-31-34(3)30-26-22-12-10-8-6-2/h34-35H,5-33H2,1-4H3. The third kappa shape index (κ3) is 30.1. The first-order chi connectivity index (χ1) is 17.2. The Morgan fingerprint density at radius 3 is 0.629 bits per heavy atom. The van der Waals surface area contributed by atoms with Gasteiger partial charge in [-0.25, -0.2) is 0 Å². The van der Waals surface area contributed by atoms with E-state index in [1.54, 1.807) is 0 Å². The van der Waals surface area contributed by atoms with Gasteiger partial charge in [0.25, 0.3) is 0 Å². The summed E-state index contributed by atoms with van der Waals surface area (Å²) in [6.45, 7) is 9.61. The highest BCUT2D eigenvalue weighted by Crippen LogP contribution is 2.20. The Morgan fingerprint density at radius 1 is 0.257 bits per heavy atom. The van der Waals surface area contributed by atoms with E-state index in [9.17, 15) is 0 Å². The normalized spacial score (nSPS) is 13.4. The summed E-state index contributed by atoms with van der Waals surface area (Å²) in [5, 5.41) is 0.